The second-order valence-corrected chi connectivity index (χ2v) is 6.44. The lowest BCUT2D eigenvalue weighted by molar-refractivity contribution is -0.138. The number of carboxylic acids is 1. The van der Waals surface area contributed by atoms with Gasteiger partial charge in [-0.1, -0.05) is 11.6 Å². The predicted octanol–water partition coefficient (Wildman–Crippen LogP) is 3.41. The Morgan fingerprint density at radius 1 is 1.40 bits per heavy atom. The third kappa shape index (κ3) is 3.63. The summed E-state index contributed by atoms with van der Waals surface area (Å²) in [5, 5.41) is 9.50. The van der Waals surface area contributed by atoms with E-state index in [0.29, 0.717) is 17.1 Å². The first-order valence-corrected chi connectivity index (χ1v) is 7.92. The summed E-state index contributed by atoms with van der Waals surface area (Å²) >= 11 is 8.15. The molecule has 1 atom stereocenters. The van der Waals surface area contributed by atoms with Gasteiger partial charge < -0.3 is 10.0 Å². The maximum absolute atomic E-state index is 12.5. The summed E-state index contributed by atoms with van der Waals surface area (Å²) in [6, 6.07) is 4.97. The molecular weight excluding hydrogens is 393 g/mol. The van der Waals surface area contributed by atoms with Crippen molar-refractivity contribution < 1.29 is 14.7 Å². The van der Waals surface area contributed by atoms with Gasteiger partial charge in [-0.3, -0.25) is 9.59 Å². The van der Waals surface area contributed by atoms with Gasteiger partial charge in [-0.25, -0.2) is 0 Å². The van der Waals surface area contributed by atoms with Gasteiger partial charge >= 0.3 is 5.97 Å². The molecule has 1 heterocycles. The van der Waals surface area contributed by atoms with E-state index in [4.69, 9.17) is 16.7 Å². The van der Waals surface area contributed by atoms with Crippen molar-refractivity contribution in [2.75, 3.05) is 6.54 Å². The summed E-state index contributed by atoms with van der Waals surface area (Å²) in [6.07, 6.45) is 2.63. The fraction of sp³-hybridized carbons (Fsp3) is 0.429. The molecule has 4 nitrogen and oxygen atoms in total. The SMILES string of the molecule is O=C(O)CC1CCCCN1C(=O)c1ccc(I)c(Cl)c1. The van der Waals surface area contributed by atoms with Gasteiger partial charge in [0, 0.05) is 21.7 Å². The van der Waals surface area contributed by atoms with Gasteiger partial charge in [0.1, 0.15) is 0 Å². The molecule has 1 aromatic rings. The number of halogens is 2. The molecule has 0 aromatic heterocycles. The van der Waals surface area contributed by atoms with E-state index in [1.54, 1.807) is 23.1 Å². The third-order valence-corrected chi connectivity index (χ3v) is 5.04. The number of carboxylic acid groups (broad SMARTS) is 1. The van der Waals surface area contributed by atoms with Gasteiger partial charge in [0.2, 0.25) is 0 Å². The molecule has 1 aliphatic heterocycles. The van der Waals surface area contributed by atoms with E-state index in [0.717, 1.165) is 22.8 Å². The third-order valence-electron chi connectivity index (χ3n) is 3.46. The van der Waals surface area contributed by atoms with Crippen LogP contribution >= 0.6 is 34.2 Å². The van der Waals surface area contributed by atoms with Crippen LogP contribution < -0.4 is 0 Å². The Morgan fingerprint density at radius 3 is 2.80 bits per heavy atom. The van der Waals surface area contributed by atoms with Gasteiger partial charge in [-0.05, 0) is 60.1 Å². The number of likely N-dealkylation sites (tertiary alicyclic amines) is 1. The van der Waals surface area contributed by atoms with Gasteiger partial charge in [-0.15, -0.1) is 0 Å². The van der Waals surface area contributed by atoms with Crippen LogP contribution in [0.3, 0.4) is 0 Å². The topological polar surface area (TPSA) is 57.6 Å². The van der Waals surface area contributed by atoms with Crippen LogP contribution in [0.1, 0.15) is 36.0 Å². The van der Waals surface area contributed by atoms with Crippen LogP contribution in [-0.2, 0) is 4.79 Å². The number of nitrogens with zero attached hydrogens (tertiary/aromatic N) is 1. The standard InChI is InChI=1S/C14H15ClINO3/c15-11-7-9(4-5-12(11)16)14(20)17-6-2-1-3-10(17)8-13(18)19/h4-5,7,10H,1-3,6,8H2,(H,18,19). The van der Waals surface area contributed by atoms with Crippen molar-refractivity contribution in [3.8, 4) is 0 Å². The van der Waals surface area contributed by atoms with Crippen molar-refractivity contribution in [1.82, 2.24) is 4.90 Å². The fourth-order valence-corrected chi connectivity index (χ4v) is 2.99. The monoisotopic (exact) mass is 407 g/mol. The molecule has 2 rings (SSSR count). The van der Waals surface area contributed by atoms with Crippen LogP contribution in [0.15, 0.2) is 18.2 Å². The fourth-order valence-electron chi connectivity index (χ4n) is 2.48. The summed E-state index contributed by atoms with van der Waals surface area (Å²) in [5.74, 6) is -0.996. The quantitative estimate of drug-likeness (QED) is 0.781. The molecule has 6 heteroatoms. The number of hydrogen-bond acceptors (Lipinski definition) is 2. The molecule has 108 valence electrons. The van der Waals surface area contributed by atoms with Crippen molar-refractivity contribution >= 4 is 46.1 Å². The molecule has 0 aliphatic carbocycles. The van der Waals surface area contributed by atoms with Crippen LogP contribution in [0.2, 0.25) is 5.02 Å². The molecule has 1 aliphatic rings. The van der Waals surface area contributed by atoms with Crippen LogP contribution in [-0.4, -0.2) is 34.5 Å². The Bertz CT molecular complexity index is 535. The Kier molecular flexibility index (Phi) is 5.26. The first kappa shape index (κ1) is 15.6. The molecule has 1 unspecified atom stereocenters. The highest BCUT2D eigenvalue weighted by Crippen LogP contribution is 2.25. The molecule has 1 amide bonds. The first-order chi connectivity index (χ1) is 9.49. The van der Waals surface area contributed by atoms with Gasteiger partial charge in [0.25, 0.3) is 5.91 Å². The minimum atomic E-state index is -0.865. The molecule has 20 heavy (non-hydrogen) atoms. The highest BCUT2D eigenvalue weighted by Gasteiger charge is 2.29. The van der Waals surface area contributed by atoms with E-state index in [1.165, 1.54) is 0 Å². The second kappa shape index (κ2) is 6.76. The van der Waals surface area contributed by atoms with E-state index in [9.17, 15) is 9.59 Å². The second-order valence-electron chi connectivity index (χ2n) is 4.87. The largest absolute Gasteiger partial charge is 0.481 e. The van der Waals surface area contributed by atoms with Crippen molar-refractivity contribution in [1.29, 1.82) is 0 Å². The Balaban J connectivity index is 2.20. The molecule has 1 saturated heterocycles. The minimum Gasteiger partial charge on any atom is -0.481 e. The zero-order valence-electron chi connectivity index (χ0n) is 10.8. The zero-order chi connectivity index (χ0) is 14.7. The number of piperidine rings is 1. The van der Waals surface area contributed by atoms with Crippen LogP contribution in [0.5, 0.6) is 0 Å². The van der Waals surface area contributed by atoms with E-state index in [-0.39, 0.29) is 18.4 Å². The molecule has 0 bridgehead atoms. The maximum atomic E-state index is 12.5. The highest BCUT2D eigenvalue weighted by atomic mass is 127. The molecule has 0 spiro atoms. The van der Waals surface area contributed by atoms with E-state index >= 15 is 0 Å². The first-order valence-electron chi connectivity index (χ1n) is 6.47. The average Bonchev–Trinajstić information content (AvgIpc) is 2.41. The normalized spacial score (nSPS) is 18.9. The predicted molar refractivity (Wildman–Crippen MR) is 85.1 cm³/mol. The summed E-state index contributed by atoms with van der Waals surface area (Å²) in [4.78, 5) is 25.1. The number of benzene rings is 1. The van der Waals surface area contributed by atoms with Crippen molar-refractivity contribution in [3.63, 3.8) is 0 Å². The summed E-state index contributed by atoms with van der Waals surface area (Å²) in [5.41, 5.74) is 0.521. The average molecular weight is 408 g/mol. The van der Waals surface area contributed by atoms with Crippen LogP contribution in [0.4, 0.5) is 0 Å². The number of rotatable bonds is 3. The lowest BCUT2D eigenvalue weighted by Crippen LogP contribution is -2.44. The van der Waals surface area contributed by atoms with Crippen LogP contribution in [0.25, 0.3) is 0 Å². The van der Waals surface area contributed by atoms with E-state index < -0.39 is 5.97 Å². The van der Waals surface area contributed by atoms with Crippen molar-refractivity contribution in [2.45, 2.75) is 31.7 Å². The smallest absolute Gasteiger partial charge is 0.305 e. The molecule has 0 radical (unpaired) electrons. The Labute approximate surface area is 136 Å². The number of aliphatic carboxylic acids is 1. The van der Waals surface area contributed by atoms with Crippen LogP contribution in [0, 0.1) is 3.57 Å². The molecule has 1 aromatic carbocycles. The number of carbonyl (C=O) groups excluding carboxylic acids is 1. The summed E-state index contributed by atoms with van der Waals surface area (Å²) in [7, 11) is 0. The summed E-state index contributed by atoms with van der Waals surface area (Å²) < 4.78 is 0.890. The maximum Gasteiger partial charge on any atom is 0.305 e. The van der Waals surface area contributed by atoms with E-state index in [2.05, 4.69) is 22.6 Å². The van der Waals surface area contributed by atoms with Gasteiger partial charge in [0.15, 0.2) is 0 Å². The molecule has 1 N–H and O–H groups in total. The van der Waals surface area contributed by atoms with Gasteiger partial charge in [-0.2, -0.15) is 0 Å². The van der Waals surface area contributed by atoms with E-state index in [1.807, 2.05) is 0 Å². The van der Waals surface area contributed by atoms with Crippen molar-refractivity contribution in [2.24, 2.45) is 0 Å². The number of amides is 1. The minimum absolute atomic E-state index is 0.00381. The highest BCUT2D eigenvalue weighted by molar-refractivity contribution is 14.1. The van der Waals surface area contributed by atoms with Gasteiger partial charge in [0.05, 0.1) is 11.4 Å². The Morgan fingerprint density at radius 2 is 2.15 bits per heavy atom. The zero-order valence-corrected chi connectivity index (χ0v) is 13.7. The lowest BCUT2D eigenvalue weighted by atomic mass is 9.98. The number of carbonyl (C=O) groups is 2. The molecule has 1 fully saturated rings. The van der Waals surface area contributed by atoms with Crippen molar-refractivity contribution in [3.05, 3.63) is 32.4 Å². The summed E-state index contributed by atoms with van der Waals surface area (Å²) in [6.45, 7) is 0.611. The lowest BCUT2D eigenvalue weighted by Gasteiger charge is -2.35. The Hall–Kier alpha value is -0.820. The molecular formula is C14H15ClINO3. The molecule has 0 saturated carbocycles. The number of hydrogen-bond donors (Lipinski definition) is 1.